The van der Waals surface area contributed by atoms with Crippen LogP contribution >= 0.6 is 23.5 Å². The number of amidine groups is 1. The fraction of sp³-hybridized carbons (Fsp3) is 0.0870. The summed E-state index contributed by atoms with van der Waals surface area (Å²) in [6.45, 7) is 0.469. The molecule has 0 radical (unpaired) electrons. The van der Waals surface area contributed by atoms with Crippen LogP contribution in [0.15, 0.2) is 98.8 Å². The molecule has 0 bridgehead atoms. The van der Waals surface area contributed by atoms with Crippen LogP contribution in [0.4, 0.5) is 11.5 Å². The van der Waals surface area contributed by atoms with Gasteiger partial charge in [-0.25, -0.2) is 9.98 Å². The van der Waals surface area contributed by atoms with E-state index in [1.165, 1.54) is 11.8 Å². The number of rotatable bonds is 3. The third-order valence-corrected chi connectivity index (χ3v) is 7.27. The number of carbonyl (C=O) groups excluding carboxylic acids is 1. The maximum Gasteiger partial charge on any atom is 0.269 e. The number of hydrogen-bond acceptors (Lipinski definition) is 6. The molecule has 7 heteroatoms. The molecule has 0 saturated carbocycles. The summed E-state index contributed by atoms with van der Waals surface area (Å²) in [7, 11) is 2.00. The lowest BCUT2D eigenvalue weighted by atomic mass is 10.2. The summed E-state index contributed by atoms with van der Waals surface area (Å²) in [5.41, 5.74) is 2.17. The number of pyridine rings is 1. The zero-order chi connectivity index (χ0) is 20.5. The molecule has 1 fully saturated rings. The Morgan fingerprint density at radius 1 is 0.933 bits per heavy atom. The van der Waals surface area contributed by atoms with Gasteiger partial charge in [-0.15, -0.1) is 0 Å². The largest absolute Gasteiger partial charge is 0.337 e. The van der Waals surface area contributed by atoms with Crippen LogP contribution in [-0.4, -0.2) is 28.0 Å². The molecule has 30 heavy (non-hydrogen) atoms. The Morgan fingerprint density at radius 3 is 2.47 bits per heavy atom. The van der Waals surface area contributed by atoms with Crippen molar-refractivity contribution in [3.8, 4) is 0 Å². The summed E-state index contributed by atoms with van der Waals surface area (Å²) in [6.07, 6.45) is 1.71. The smallest absolute Gasteiger partial charge is 0.269 e. The molecule has 1 amide bonds. The highest BCUT2D eigenvalue weighted by Crippen LogP contribution is 2.50. The number of para-hydroxylation sites is 1. The molecule has 0 N–H and O–H groups in total. The Kier molecular flexibility index (Phi) is 5.06. The van der Waals surface area contributed by atoms with Gasteiger partial charge in [0.05, 0.1) is 17.3 Å². The van der Waals surface area contributed by atoms with Crippen molar-refractivity contribution in [2.45, 2.75) is 11.4 Å². The van der Waals surface area contributed by atoms with Gasteiger partial charge in [0.2, 0.25) is 0 Å². The van der Waals surface area contributed by atoms with Crippen molar-refractivity contribution in [1.29, 1.82) is 0 Å². The molecular weight excluding hydrogens is 412 g/mol. The molecule has 0 spiro atoms. The Hall–Kier alpha value is -3.03. The summed E-state index contributed by atoms with van der Waals surface area (Å²) < 4.78 is 0. The van der Waals surface area contributed by atoms with Gasteiger partial charge in [0.25, 0.3) is 5.91 Å². The lowest BCUT2D eigenvalue weighted by molar-refractivity contribution is -0.122. The van der Waals surface area contributed by atoms with Gasteiger partial charge in [-0.3, -0.25) is 9.69 Å². The maximum atomic E-state index is 13.5. The number of amides is 1. The van der Waals surface area contributed by atoms with Crippen LogP contribution in [0.5, 0.6) is 0 Å². The number of hydrogen-bond donors (Lipinski definition) is 0. The van der Waals surface area contributed by atoms with E-state index in [9.17, 15) is 4.79 Å². The number of carbonyl (C=O) groups is 1. The molecule has 0 atom stereocenters. The van der Waals surface area contributed by atoms with Gasteiger partial charge in [-0.1, -0.05) is 60.3 Å². The second-order valence-electron chi connectivity index (χ2n) is 6.82. The van der Waals surface area contributed by atoms with Crippen molar-refractivity contribution in [1.82, 2.24) is 9.88 Å². The van der Waals surface area contributed by atoms with Gasteiger partial charge in [0.15, 0.2) is 11.0 Å². The Bertz CT molecular complexity index is 1160. The lowest BCUT2D eigenvalue weighted by Crippen LogP contribution is -2.29. The molecule has 3 heterocycles. The second kappa shape index (κ2) is 8.01. The number of anilines is 1. The highest BCUT2D eigenvalue weighted by Gasteiger charge is 2.39. The van der Waals surface area contributed by atoms with E-state index in [2.05, 4.69) is 22.0 Å². The van der Waals surface area contributed by atoms with E-state index in [1.807, 2.05) is 67.7 Å². The molecule has 1 saturated heterocycles. The summed E-state index contributed by atoms with van der Waals surface area (Å²) in [6, 6.07) is 23.8. The van der Waals surface area contributed by atoms with Gasteiger partial charge in [0, 0.05) is 18.1 Å². The first-order chi connectivity index (χ1) is 14.7. The molecule has 148 valence electrons. The van der Waals surface area contributed by atoms with Gasteiger partial charge in [-0.2, -0.15) is 0 Å². The van der Waals surface area contributed by atoms with Gasteiger partial charge in [0.1, 0.15) is 4.91 Å². The SMILES string of the molecule is CN1/C(=C2/SC(=Nc3ccccn3)N(Cc3ccccc3)C2=O)Sc2ccccc21. The number of nitrogens with zero attached hydrogens (tertiary/aromatic N) is 4. The maximum absolute atomic E-state index is 13.5. The highest BCUT2D eigenvalue weighted by atomic mass is 32.2. The zero-order valence-electron chi connectivity index (χ0n) is 16.2. The summed E-state index contributed by atoms with van der Waals surface area (Å²) in [5.74, 6) is 0.563. The van der Waals surface area contributed by atoms with Crippen LogP contribution in [0, 0.1) is 0 Å². The van der Waals surface area contributed by atoms with E-state index in [4.69, 9.17) is 4.99 Å². The molecule has 2 aromatic carbocycles. The second-order valence-corrected chi connectivity index (χ2v) is 8.83. The monoisotopic (exact) mass is 430 g/mol. The van der Waals surface area contributed by atoms with Gasteiger partial charge in [-0.05, 0) is 41.6 Å². The molecular formula is C23H18N4OS2. The van der Waals surface area contributed by atoms with Crippen molar-refractivity contribution in [2.24, 2.45) is 4.99 Å². The van der Waals surface area contributed by atoms with Crippen LogP contribution in [0.2, 0.25) is 0 Å². The number of fused-ring (bicyclic) bond motifs is 1. The average Bonchev–Trinajstić information content (AvgIpc) is 3.27. The zero-order valence-corrected chi connectivity index (χ0v) is 17.9. The third-order valence-electron chi connectivity index (χ3n) is 4.84. The van der Waals surface area contributed by atoms with Gasteiger partial charge >= 0.3 is 0 Å². The fourth-order valence-electron chi connectivity index (χ4n) is 3.34. The molecule has 0 aliphatic carbocycles. The molecule has 5 rings (SSSR count). The molecule has 2 aliphatic rings. The Balaban J connectivity index is 1.55. The summed E-state index contributed by atoms with van der Waals surface area (Å²) in [5, 5.41) is 1.59. The van der Waals surface area contributed by atoms with Crippen molar-refractivity contribution in [3.63, 3.8) is 0 Å². The fourth-order valence-corrected chi connectivity index (χ4v) is 5.67. The van der Waals surface area contributed by atoms with E-state index < -0.39 is 0 Å². The third kappa shape index (κ3) is 3.51. The average molecular weight is 431 g/mol. The van der Waals surface area contributed by atoms with E-state index in [0.29, 0.717) is 22.4 Å². The number of thioether (sulfide) groups is 2. The highest BCUT2D eigenvalue weighted by molar-refractivity contribution is 8.19. The van der Waals surface area contributed by atoms with Crippen molar-refractivity contribution in [3.05, 3.63) is 94.5 Å². The summed E-state index contributed by atoms with van der Waals surface area (Å²) >= 11 is 3.04. The minimum absolute atomic E-state index is 0.0271. The van der Waals surface area contributed by atoms with E-state index in [0.717, 1.165) is 21.2 Å². The standard InChI is InChI=1S/C23H18N4OS2/c1-26-17-11-5-6-12-18(17)29-22(26)20-21(28)27(15-16-9-3-2-4-10-16)23(30-20)25-19-13-7-8-14-24-19/h2-14H,15H2,1H3/b22-20-,25-23?. The van der Waals surface area contributed by atoms with Crippen LogP contribution in [0.1, 0.15) is 5.56 Å². The van der Waals surface area contributed by atoms with Gasteiger partial charge < -0.3 is 4.90 Å². The number of aliphatic imine (C=N–C) groups is 1. The molecule has 5 nitrogen and oxygen atoms in total. The quantitative estimate of drug-likeness (QED) is 0.531. The Labute approximate surface area is 183 Å². The molecule has 0 unspecified atom stereocenters. The van der Waals surface area contributed by atoms with Crippen molar-refractivity contribution >= 4 is 46.1 Å². The van der Waals surface area contributed by atoms with Crippen LogP contribution in [0.3, 0.4) is 0 Å². The molecule has 1 aromatic heterocycles. The van der Waals surface area contributed by atoms with Crippen LogP contribution in [-0.2, 0) is 11.3 Å². The number of benzene rings is 2. The first-order valence-corrected chi connectivity index (χ1v) is 11.1. The minimum atomic E-state index is -0.0271. The van der Waals surface area contributed by atoms with E-state index in [-0.39, 0.29) is 5.91 Å². The molecule has 3 aromatic rings. The lowest BCUT2D eigenvalue weighted by Gasteiger charge is -2.16. The molecule has 2 aliphatic heterocycles. The normalized spacial score (nSPS) is 19.6. The van der Waals surface area contributed by atoms with Crippen molar-refractivity contribution < 1.29 is 4.79 Å². The predicted octanol–water partition coefficient (Wildman–Crippen LogP) is 5.26. The predicted molar refractivity (Wildman–Crippen MR) is 124 cm³/mol. The van der Waals surface area contributed by atoms with Crippen molar-refractivity contribution in [2.75, 3.05) is 11.9 Å². The van der Waals surface area contributed by atoms with E-state index in [1.54, 1.807) is 22.9 Å². The first kappa shape index (κ1) is 19.0. The van der Waals surface area contributed by atoms with Crippen LogP contribution in [0.25, 0.3) is 0 Å². The van der Waals surface area contributed by atoms with E-state index >= 15 is 0 Å². The minimum Gasteiger partial charge on any atom is -0.337 e. The Morgan fingerprint density at radius 2 is 1.70 bits per heavy atom. The number of aromatic nitrogens is 1. The topological polar surface area (TPSA) is 48.8 Å². The summed E-state index contributed by atoms with van der Waals surface area (Å²) in [4.78, 5) is 28.2. The first-order valence-electron chi connectivity index (χ1n) is 9.49. The van der Waals surface area contributed by atoms with Crippen LogP contribution < -0.4 is 4.90 Å².